The van der Waals surface area contributed by atoms with Gasteiger partial charge in [-0.2, -0.15) is 5.10 Å². The number of rotatable bonds is 3. The lowest BCUT2D eigenvalue weighted by molar-refractivity contribution is 0.0951. The number of hydrogen-bond donors (Lipinski definition) is 1. The first kappa shape index (κ1) is 13.3. The summed E-state index contributed by atoms with van der Waals surface area (Å²) in [5, 5.41) is 7.21. The van der Waals surface area contributed by atoms with E-state index < -0.39 is 0 Å². The van der Waals surface area contributed by atoms with E-state index in [1.807, 2.05) is 38.1 Å². The van der Waals surface area contributed by atoms with Crippen molar-refractivity contribution < 1.29 is 4.79 Å². The van der Waals surface area contributed by atoms with Crippen LogP contribution in [0.15, 0.2) is 42.6 Å². The Hall–Kier alpha value is -2.69. The van der Waals surface area contributed by atoms with Crippen molar-refractivity contribution in [2.24, 2.45) is 0 Å². The second-order valence-corrected chi connectivity index (χ2v) is 4.99. The van der Waals surface area contributed by atoms with Crippen LogP contribution in [0.1, 0.15) is 27.3 Å². The minimum Gasteiger partial charge on any atom is -0.348 e. The molecule has 0 saturated heterocycles. The fourth-order valence-corrected chi connectivity index (χ4v) is 2.31. The number of aromatic nitrogens is 3. The summed E-state index contributed by atoms with van der Waals surface area (Å²) in [5.74, 6) is -0.0978. The summed E-state index contributed by atoms with van der Waals surface area (Å²) in [7, 11) is 0. The molecule has 2 aromatic heterocycles. The second kappa shape index (κ2) is 5.36. The van der Waals surface area contributed by atoms with Crippen molar-refractivity contribution in [3.8, 4) is 0 Å². The summed E-state index contributed by atoms with van der Waals surface area (Å²) in [6.45, 7) is 4.35. The molecule has 5 nitrogen and oxygen atoms in total. The number of carbonyl (C=O) groups is 1. The van der Waals surface area contributed by atoms with Crippen LogP contribution in [0.4, 0.5) is 0 Å². The normalized spacial score (nSPS) is 10.8. The fraction of sp³-hybridized carbons (Fsp3) is 0.188. The van der Waals surface area contributed by atoms with E-state index in [-0.39, 0.29) is 5.91 Å². The number of fused-ring (bicyclic) bond motifs is 1. The molecule has 0 radical (unpaired) electrons. The molecule has 0 aliphatic carbocycles. The standard InChI is InChI=1S/C16H16N4O/c1-11-8-12(2)20-15(19-11)14(10-18-20)9-17-16(21)13-6-4-3-5-7-13/h3-8,10H,9H2,1-2H3,(H,17,21). The van der Waals surface area contributed by atoms with Gasteiger partial charge < -0.3 is 5.32 Å². The molecule has 3 aromatic rings. The maximum absolute atomic E-state index is 12.1. The van der Waals surface area contributed by atoms with E-state index in [4.69, 9.17) is 0 Å². The molecule has 0 aliphatic heterocycles. The quantitative estimate of drug-likeness (QED) is 0.800. The highest BCUT2D eigenvalue weighted by Gasteiger charge is 2.10. The Morgan fingerprint density at radius 3 is 2.76 bits per heavy atom. The third-order valence-corrected chi connectivity index (χ3v) is 3.33. The first-order chi connectivity index (χ1) is 10.1. The van der Waals surface area contributed by atoms with Gasteiger partial charge in [0.1, 0.15) is 0 Å². The Kier molecular flexibility index (Phi) is 3.39. The van der Waals surface area contributed by atoms with E-state index in [9.17, 15) is 4.79 Å². The molecule has 1 amide bonds. The minimum absolute atomic E-state index is 0.0978. The number of aryl methyl sites for hydroxylation is 2. The van der Waals surface area contributed by atoms with Crippen LogP contribution in [0.3, 0.4) is 0 Å². The van der Waals surface area contributed by atoms with Gasteiger partial charge in [-0.3, -0.25) is 4.79 Å². The molecule has 21 heavy (non-hydrogen) atoms. The van der Waals surface area contributed by atoms with E-state index in [0.29, 0.717) is 12.1 Å². The number of nitrogens with one attached hydrogen (secondary N) is 1. The van der Waals surface area contributed by atoms with Crippen LogP contribution >= 0.6 is 0 Å². The molecule has 1 aromatic carbocycles. The fourth-order valence-electron chi connectivity index (χ4n) is 2.31. The number of amides is 1. The number of nitrogens with zero attached hydrogens (tertiary/aromatic N) is 3. The van der Waals surface area contributed by atoms with Crippen molar-refractivity contribution >= 4 is 11.6 Å². The van der Waals surface area contributed by atoms with Crippen LogP contribution in [-0.2, 0) is 6.54 Å². The summed E-state index contributed by atoms with van der Waals surface area (Å²) in [6.07, 6.45) is 1.75. The van der Waals surface area contributed by atoms with Gasteiger partial charge in [0, 0.05) is 29.1 Å². The Labute approximate surface area is 122 Å². The average molecular weight is 280 g/mol. The van der Waals surface area contributed by atoms with Gasteiger partial charge in [-0.15, -0.1) is 0 Å². The molecule has 0 aliphatic rings. The smallest absolute Gasteiger partial charge is 0.251 e. The SMILES string of the molecule is Cc1cc(C)n2ncc(CNC(=O)c3ccccc3)c2n1. The summed E-state index contributed by atoms with van der Waals surface area (Å²) >= 11 is 0. The maximum atomic E-state index is 12.1. The van der Waals surface area contributed by atoms with Crippen molar-refractivity contribution in [1.29, 1.82) is 0 Å². The van der Waals surface area contributed by atoms with Gasteiger partial charge in [0.15, 0.2) is 5.65 Å². The Balaban J connectivity index is 1.81. The Bertz CT molecular complexity index is 793. The summed E-state index contributed by atoms with van der Waals surface area (Å²) in [5.41, 5.74) is 4.32. The van der Waals surface area contributed by atoms with Gasteiger partial charge in [0.25, 0.3) is 5.91 Å². The van der Waals surface area contributed by atoms with E-state index in [2.05, 4.69) is 15.4 Å². The van der Waals surface area contributed by atoms with E-state index in [0.717, 1.165) is 22.6 Å². The second-order valence-electron chi connectivity index (χ2n) is 4.99. The number of hydrogen-bond acceptors (Lipinski definition) is 3. The third-order valence-electron chi connectivity index (χ3n) is 3.33. The zero-order chi connectivity index (χ0) is 14.8. The Morgan fingerprint density at radius 1 is 1.24 bits per heavy atom. The zero-order valence-corrected chi connectivity index (χ0v) is 12.0. The molecule has 5 heteroatoms. The molecular weight excluding hydrogens is 264 g/mol. The molecule has 0 atom stereocenters. The predicted molar refractivity (Wildman–Crippen MR) is 80.1 cm³/mol. The summed E-state index contributed by atoms with van der Waals surface area (Å²) in [4.78, 5) is 16.5. The number of carbonyl (C=O) groups excluding carboxylic acids is 1. The molecule has 0 saturated carbocycles. The third kappa shape index (κ3) is 2.63. The maximum Gasteiger partial charge on any atom is 0.251 e. The Morgan fingerprint density at radius 2 is 2.00 bits per heavy atom. The van der Waals surface area contributed by atoms with Gasteiger partial charge in [-0.25, -0.2) is 9.50 Å². The van der Waals surface area contributed by atoms with Crippen LogP contribution in [0.5, 0.6) is 0 Å². The topological polar surface area (TPSA) is 59.3 Å². The molecule has 0 unspecified atom stereocenters. The van der Waals surface area contributed by atoms with Crippen molar-refractivity contribution in [3.05, 3.63) is 65.1 Å². The van der Waals surface area contributed by atoms with E-state index >= 15 is 0 Å². The monoisotopic (exact) mass is 280 g/mol. The van der Waals surface area contributed by atoms with Crippen LogP contribution in [-0.4, -0.2) is 20.5 Å². The largest absolute Gasteiger partial charge is 0.348 e. The molecule has 2 heterocycles. The molecule has 106 valence electrons. The first-order valence-corrected chi connectivity index (χ1v) is 6.79. The zero-order valence-electron chi connectivity index (χ0n) is 12.0. The average Bonchev–Trinajstić information content (AvgIpc) is 2.89. The molecule has 0 fully saturated rings. The molecular formula is C16H16N4O. The van der Waals surface area contributed by atoms with Gasteiger partial charge in [0.2, 0.25) is 0 Å². The lowest BCUT2D eigenvalue weighted by Gasteiger charge is -2.05. The minimum atomic E-state index is -0.0978. The van der Waals surface area contributed by atoms with Crippen molar-refractivity contribution in [1.82, 2.24) is 19.9 Å². The van der Waals surface area contributed by atoms with Crippen LogP contribution < -0.4 is 5.32 Å². The molecule has 0 bridgehead atoms. The highest BCUT2D eigenvalue weighted by atomic mass is 16.1. The molecule has 1 N–H and O–H groups in total. The number of benzene rings is 1. The lowest BCUT2D eigenvalue weighted by atomic mass is 10.2. The lowest BCUT2D eigenvalue weighted by Crippen LogP contribution is -2.22. The van der Waals surface area contributed by atoms with Crippen molar-refractivity contribution in [2.45, 2.75) is 20.4 Å². The first-order valence-electron chi connectivity index (χ1n) is 6.79. The van der Waals surface area contributed by atoms with E-state index in [1.165, 1.54) is 0 Å². The van der Waals surface area contributed by atoms with Crippen molar-refractivity contribution in [3.63, 3.8) is 0 Å². The van der Waals surface area contributed by atoms with Crippen LogP contribution in [0.2, 0.25) is 0 Å². The van der Waals surface area contributed by atoms with Gasteiger partial charge in [0.05, 0.1) is 6.20 Å². The predicted octanol–water partition coefficient (Wildman–Crippen LogP) is 2.28. The van der Waals surface area contributed by atoms with Crippen molar-refractivity contribution in [2.75, 3.05) is 0 Å². The summed E-state index contributed by atoms with van der Waals surface area (Å²) in [6, 6.07) is 11.1. The highest BCUT2D eigenvalue weighted by molar-refractivity contribution is 5.94. The van der Waals surface area contributed by atoms with Gasteiger partial charge in [-0.05, 0) is 32.0 Å². The van der Waals surface area contributed by atoms with E-state index in [1.54, 1.807) is 22.8 Å². The van der Waals surface area contributed by atoms with Gasteiger partial charge in [-0.1, -0.05) is 18.2 Å². The highest BCUT2D eigenvalue weighted by Crippen LogP contribution is 2.11. The van der Waals surface area contributed by atoms with Gasteiger partial charge >= 0.3 is 0 Å². The van der Waals surface area contributed by atoms with Crippen LogP contribution in [0, 0.1) is 13.8 Å². The van der Waals surface area contributed by atoms with Crippen LogP contribution in [0.25, 0.3) is 5.65 Å². The molecule has 0 spiro atoms. The molecule has 3 rings (SSSR count). The summed E-state index contributed by atoms with van der Waals surface area (Å²) < 4.78 is 1.79.